The summed E-state index contributed by atoms with van der Waals surface area (Å²) in [7, 11) is 1.80. The van der Waals surface area contributed by atoms with Crippen LogP contribution in [0.25, 0.3) is 0 Å². The number of carbonyl (C=O) groups excluding carboxylic acids is 1. The molecule has 0 aliphatic carbocycles. The molecule has 1 heterocycles. The van der Waals surface area contributed by atoms with Crippen molar-refractivity contribution in [2.75, 3.05) is 20.3 Å². The Hall–Kier alpha value is -1.86. The van der Waals surface area contributed by atoms with E-state index in [4.69, 9.17) is 24.7 Å². The van der Waals surface area contributed by atoms with Gasteiger partial charge in [-0.15, -0.1) is 0 Å². The maximum Gasteiger partial charge on any atom is 0.404 e. The molecular formula is C37H68N2O5. The van der Waals surface area contributed by atoms with Gasteiger partial charge in [0.15, 0.2) is 0 Å². The highest BCUT2D eigenvalue weighted by molar-refractivity contribution is 5.64. The second kappa shape index (κ2) is 26.4. The summed E-state index contributed by atoms with van der Waals surface area (Å²) in [6.45, 7) is 9.87. The number of nitrogens with two attached hydrogens (primary N) is 1. The molecule has 3 unspecified atom stereocenters. The van der Waals surface area contributed by atoms with Crippen molar-refractivity contribution in [1.82, 2.24) is 4.98 Å². The van der Waals surface area contributed by atoms with Crippen LogP contribution in [-0.2, 0) is 14.2 Å². The summed E-state index contributed by atoms with van der Waals surface area (Å²) in [5, 5.41) is 0. The zero-order valence-corrected chi connectivity index (χ0v) is 29.2. The molecule has 0 radical (unpaired) electrons. The van der Waals surface area contributed by atoms with Gasteiger partial charge in [-0.05, 0) is 45.1 Å². The van der Waals surface area contributed by atoms with Crippen LogP contribution in [0.1, 0.15) is 156 Å². The number of aromatic nitrogens is 1. The van der Waals surface area contributed by atoms with Crippen LogP contribution in [0, 0.1) is 5.92 Å². The molecule has 1 aromatic heterocycles. The van der Waals surface area contributed by atoms with Gasteiger partial charge in [0.05, 0.1) is 24.9 Å². The molecule has 44 heavy (non-hydrogen) atoms. The molecule has 1 aromatic rings. The van der Waals surface area contributed by atoms with Gasteiger partial charge in [-0.1, -0.05) is 123 Å². The van der Waals surface area contributed by atoms with E-state index in [2.05, 4.69) is 32.7 Å². The molecule has 1 amide bonds. The van der Waals surface area contributed by atoms with Crippen molar-refractivity contribution in [3.8, 4) is 5.88 Å². The molecule has 2 N–H and O–H groups in total. The van der Waals surface area contributed by atoms with E-state index in [9.17, 15) is 4.79 Å². The highest BCUT2D eigenvalue weighted by Gasteiger charge is 2.32. The third-order valence-electron chi connectivity index (χ3n) is 8.88. The lowest BCUT2D eigenvalue weighted by Gasteiger charge is -2.36. The minimum atomic E-state index is -0.683. The number of ether oxygens (including phenoxy) is 4. The summed E-state index contributed by atoms with van der Waals surface area (Å²) < 4.78 is 23.8. The zero-order valence-electron chi connectivity index (χ0n) is 29.2. The largest absolute Gasteiger partial charge is 0.474 e. The van der Waals surface area contributed by atoms with Crippen molar-refractivity contribution in [3.63, 3.8) is 0 Å². The van der Waals surface area contributed by atoms with Crippen LogP contribution in [0.3, 0.4) is 0 Å². The van der Waals surface area contributed by atoms with E-state index < -0.39 is 6.09 Å². The predicted molar refractivity (Wildman–Crippen MR) is 182 cm³/mol. The molecule has 256 valence electrons. The van der Waals surface area contributed by atoms with E-state index in [1.807, 2.05) is 18.2 Å². The fraction of sp³-hybridized carbons (Fsp3) is 0.838. The first-order valence-electron chi connectivity index (χ1n) is 18.0. The Morgan fingerprint density at radius 2 is 1.41 bits per heavy atom. The summed E-state index contributed by atoms with van der Waals surface area (Å²) in [6, 6.07) is 5.81. The molecule has 0 aliphatic heterocycles. The first-order chi connectivity index (χ1) is 21.3. The van der Waals surface area contributed by atoms with E-state index in [-0.39, 0.29) is 17.8 Å². The van der Waals surface area contributed by atoms with Gasteiger partial charge in [0, 0.05) is 25.8 Å². The number of hydrogen-bond donors (Lipinski definition) is 1. The number of amides is 1. The third-order valence-corrected chi connectivity index (χ3v) is 8.88. The highest BCUT2D eigenvalue weighted by Crippen LogP contribution is 2.30. The number of primary amides is 1. The number of nitrogens with zero attached hydrogens (tertiary/aromatic N) is 1. The van der Waals surface area contributed by atoms with Gasteiger partial charge in [-0.3, -0.25) is 0 Å². The number of hydrogen-bond acceptors (Lipinski definition) is 6. The minimum absolute atomic E-state index is 0.0155. The SMILES string of the molecule is CCCCCCCCCCCC(CCCCCCOC(N)=O)CC(OCCC(CCCC)Oc1ccccn1)C(C)(C)OC. The monoisotopic (exact) mass is 621 g/mol. The average Bonchev–Trinajstić information content (AvgIpc) is 3.01. The fourth-order valence-electron chi connectivity index (χ4n) is 5.80. The summed E-state index contributed by atoms with van der Waals surface area (Å²) in [5.41, 5.74) is 4.71. The van der Waals surface area contributed by atoms with Gasteiger partial charge in [-0.25, -0.2) is 9.78 Å². The predicted octanol–water partition coefficient (Wildman–Crippen LogP) is 10.2. The molecule has 1 rings (SSSR count). The zero-order chi connectivity index (χ0) is 32.3. The van der Waals surface area contributed by atoms with Crippen molar-refractivity contribution in [3.05, 3.63) is 24.4 Å². The molecule has 0 bridgehead atoms. The Morgan fingerprint density at radius 3 is 1.98 bits per heavy atom. The van der Waals surface area contributed by atoms with E-state index in [1.54, 1.807) is 13.3 Å². The fourth-order valence-corrected chi connectivity index (χ4v) is 5.80. The van der Waals surface area contributed by atoms with Gasteiger partial charge >= 0.3 is 6.09 Å². The number of unbranched alkanes of at least 4 members (excludes halogenated alkanes) is 12. The molecule has 0 spiro atoms. The van der Waals surface area contributed by atoms with Gasteiger partial charge in [0.25, 0.3) is 0 Å². The maximum atomic E-state index is 10.8. The van der Waals surface area contributed by atoms with Gasteiger partial charge in [0.1, 0.15) is 6.10 Å². The topological polar surface area (TPSA) is 92.9 Å². The maximum absolute atomic E-state index is 10.8. The lowest BCUT2D eigenvalue weighted by Crippen LogP contribution is -2.42. The van der Waals surface area contributed by atoms with Crippen molar-refractivity contribution in [2.24, 2.45) is 11.7 Å². The van der Waals surface area contributed by atoms with E-state index in [1.165, 1.54) is 77.0 Å². The van der Waals surface area contributed by atoms with Gasteiger partial charge in [0.2, 0.25) is 5.88 Å². The Bertz CT molecular complexity index is 791. The molecule has 0 saturated carbocycles. The van der Waals surface area contributed by atoms with Crippen LogP contribution >= 0.6 is 0 Å². The number of rotatable bonds is 30. The van der Waals surface area contributed by atoms with Crippen molar-refractivity contribution in [1.29, 1.82) is 0 Å². The summed E-state index contributed by atoms with van der Waals surface area (Å²) >= 11 is 0. The van der Waals surface area contributed by atoms with Crippen LogP contribution in [0.15, 0.2) is 24.4 Å². The Labute approximate surface area is 270 Å². The molecular weight excluding hydrogens is 552 g/mol. The van der Waals surface area contributed by atoms with E-state index in [0.29, 0.717) is 25.0 Å². The van der Waals surface area contributed by atoms with Crippen molar-refractivity contribution >= 4 is 6.09 Å². The van der Waals surface area contributed by atoms with E-state index in [0.717, 1.165) is 51.4 Å². The van der Waals surface area contributed by atoms with Crippen molar-refractivity contribution < 1.29 is 23.7 Å². The quantitative estimate of drug-likeness (QED) is 0.0860. The first-order valence-corrected chi connectivity index (χ1v) is 18.0. The Balaban J connectivity index is 2.70. The number of methoxy groups -OCH3 is 1. The van der Waals surface area contributed by atoms with Crippen LogP contribution in [0.2, 0.25) is 0 Å². The highest BCUT2D eigenvalue weighted by atomic mass is 16.5. The van der Waals surface area contributed by atoms with Crippen LogP contribution in [-0.4, -0.2) is 49.2 Å². The van der Waals surface area contributed by atoms with Crippen LogP contribution in [0.5, 0.6) is 5.88 Å². The second-order valence-corrected chi connectivity index (χ2v) is 13.1. The smallest absolute Gasteiger partial charge is 0.404 e. The number of carbonyl (C=O) groups is 1. The van der Waals surface area contributed by atoms with Crippen molar-refractivity contribution in [2.45, 2.75) is 174 Å². The van der Waals surface area contributed by atoms with Gasteiger partial charge in [-0.2, -0.15) is 0 Å². The normalized spacial score (nSPS) is 13.8. The summed E-state index contributed by atoms with van der Waals surface area (Å²) in [4.78, 5) is 15.2. The standard InChI is InChI=1S/C37H68N2O5/c1-6-8-10-11-12-13-14-15-18-23-32(24-19-16-17-22-29-43-36(38)40)31-34(37(3,4)41-5)42-30-27-33(25-9-7-2)44-35-26-20-21-28-39-35/h20-21,26,28,32-34H,6-19,22-25,27,29-31H2,1-5H3,(H2,38,40). The molecule has 3 atom stereocenters. The van der Waals surface area contributed by atoms with Crippen LogP contribution in [0.4, 0.5) is 4.79 Å². The number of pyridine rings is 1. The second-order valence-electron chi connectivity index (χ2n) is 13.1. The summed E-state index contributed by atoms with van der Waals surface area (Å²) in [6.07, 6.45) is 25.1. The van der Waals surface area contributed by atoms with E-state index >= 15 is 0 Å². The van der Waals surface area contributed by atoms with Crippen LogP contribution < -0.4 is 10.5 Å². The lowest BCUT2D eigenvalue weighted by molar-refractivity contribution is -0.121. The molecule has 7 nitrogen and oxygen atoms in total. The third kappa shape index (κ3) is 21.0. The minimum Gasteiger partial charge on any atom is -0.474 e. The lowest BCUT2D eigenvalue weighted by atomic mass is 9.85. The Kier molecular flexibility index (Phi) is 24.1. The summed E-state index contributed by atoms with van der Waals surface area (Å²) in [5.74, 6) is 1.28. The molecule has 7 heteroatoms. The molecule has 0 aromatic carbocycles. The first kappa shape index (κ1) is 40.2. The molecule has 0 saturated heterocycles. The molecule has 0 fully saturated rings. The Morgan fingerprint density at radius 1 is 0.795 bits per heavy atom. The average molecular weight is 621 g/mol. The molecule has 0 aliphatic rings. The van der Waals surface area contributed by atoms with Gasteiger partial charge < -0.3 is 24.7 Å².